The summed E-state index contributed by atoms with van der Waals surface area (Å²) >= 11 is 0. The maximum Gasteiger partial charge on any atom is 0.227 e. The van der Waals surface area contributed by atoms with Crippen LogP contribution in [-0.4, -0.2) is 24.8 Å². The van der Waals surface area contributed by atoms with Gasteiger partial charge in [-0.05, 0) is 43.5 Å². The van der Waals surface area contributed by atoms with E-state index in [1.807, 2.05) is 24.3 Å². The maximum atomic E-state index is 12.2. The van der Waals surface area contributed by atoms with Crippen molar-refractivity contribution in [3.8, 4) is 0 Å². The molecule has 0 spiro atoms. The zero-order valence-corrected chi connectivity index (χ0v) is 12.4. The average molecular weight is 285 g/mol. The summed E-state index contributed by atoms with van der Waals surface area (Å²) in [4.78, 5) is 16.7. The molecule has 4 heteroatoms. The molecule has 1 aromatic rings. The molecule has 0 atom stereocenters. The number of amidine groups is 1. The number of rotatable bonds is 3. The van der Waals surface area contributed by atoms with Gasteiger partial charge in [0, 0.05) is 30.3 Å². The highest BCUT2D eigenvalue weighted by atomic mass is 16.1. The van der Waals surface area contributed by atoms with Crippen LogP contribution in [0.3, 0.4) is 0 Å². The summed E-state index contributed by atoms with van der Waals surface area (Å²) < 4.78 is 0. The first-order chi connectivity index (χ1) is 10.3. The monoisotopic (exact) mass is 285 g/mol. The van der Waals surface area contributed by atoms with E-state index in [9.17, 15) is 4.79 Å². The highest BCUT2D eigenvalue weighted by Crippen LogP contribution is 2.25. The molecular formula is C17H23N3O. The molecule has 2 N–H and O–H groups in total. The van der Waals surface area contributed by atoms with Crippen LogP contribution in [0.25, 0.3) is 0 Å². The molecule has 3 rings (SSSR count). The van der Waals surface area contributed by atoms with Crippen LogP contribution in [0.1, 0.15) is 44.1 Å². The van der Waals surface area contributed by atoms with Gasteiger partial charge in [-0.3, -0.25) is 9.79 Å². The van der Waals surface area contributed by atoms with Gasteiger partial charge >= 0.3 is 0 Å². The first kappa shape index (κ1) is 14.1. The van der Waals surface area contributed by atoms with Crippen LogP contribution in [0.5, 0.6) is 0 Å². The van der Waals surface area contributed by atoms with Gasteiger partial charge in [0.2, 0.25) is 5.91 Å². The Morgan fingerprint density at radius 3 is 2.52 bits per heavy atom. The molecule has 1 aromatic carbocycles. The van der Waals surface area contributed by atoms with E-state index in [0.717, 1.165) is 49.4 Å². The van der Waals surface area contributed by atoms with E-state index in [2.05, 4.69) is 15.6 Å². The number of hydrogen-bond acceptors (Lipinski definition) is 3. The number of nitrogens with one attached hydrogen (secondary N) is 2. The summed E-state index contributed by atoms with van der Waals surface area (Å²) in [6.07, 6.45) is 6.80. The van der Waals surface area contributed by atoms with Crippen LogP contribution < -0.4 is 10.6 Å². The highest BCUT2D eigenvalue weighted by molar-refractivity contribution is 6.00. The molecule has 2 aliphatic rings. The molecule has 0 saturated heterocycles. The molecule has 1 fully saturated rings. The lowest BCUT2D eigenvalue weighted by Crippen LogP contribution is -2.30. The Morgan fingerprint density at radius 1 is 1.10 bits per heavy atom. The van der Waals surface area contributed by atoms with E-state index in [4.69, 9.17) is 0 Å². The average Bonchev–Trinajstić information content (AvgIpc) is 2.57. The van der Waals surface area contributed by atoms with E-state index < -0.39 is 0 Å². The van der Waals surface area contributed by atoms with Gasteiger partial charge in [0.25, 0.3) is 0 Å². The smallest absolute Gasteiger partial charge is 0.227 e. The van der Waals surface area contributed by atoms with Gasteiger partial charge in [-0.25, -0.2) is 0 Å². The van der Waals surface area contributed by atoms with Gasteiger partial charge < -0.3 is 10.6 Å². The molecule has 0 radical (unpaired) electrons. The minimum atomic E-state index is 0.176. The second kappa shape index (κ2) is 6.74. The lowest BCUT2D eigenvalue weighted by molar-refractivity contribution is -0.120. The van der Waals surface area contributed by atoms with Gasteiger partial charge in [0.05, 0.1) is 0 Å². The zero-order chi connectivity index (χ0) is 14.5. The fourth-order valence-corrected chi connectivity index (χ4v) is 3.05. The van der Waals surface area contributed by atoms with Crippen molar-refractivity contribution in [3.63, 3.8) is 0 Å². The lowest BCUT2D eigenvalue weighted by atomic mass is 9.88. The molecule has 0 aromatic heterocycles. The highest BCUT2D eigenvalue weighted by Gasteiger charge is 2.21. The number of anilines is 1. The van der Waals surface area contributed by atoms with E-state index in [1.54, 1.807) is 0 Å². The molecule has 0 unspecified atom stereocenters. The topological polar surface area (TPSA) is 53.5 Å². The Labute approximate surface area is 126 Å². The summed E-state index contributed by atoms with van der Waals surface area (Å²) in [5, 5.41) is 6.35. The zero-order valence-electron chi connectivity index (χ0n) is 12.4. The number of amides is 1. The summed E-state index contributed by atoms with van der Waals surface area (Å²) in [5.41, 5.74) is 1.97. The number of carbonyl (C=O) groups excluding carboxylic acids is 1. The quantitative estimate of drug-likeness (QED) is 0.897. The van der Waals surface area contributed by atoms with E-state index in [0.29, 0.717) is 0 Å². The van der Waals surface area contributed by atoms with E-state index in [1.165, 1.54) is 19.3 Å². The summed E-state index contributed by atoms with van der Waals surface area (Å²) in [7, 11) is 0. The van der Waals surface area contributed by atoms with Crippen molar-refractivity contribution in [2.24, 2.45) is 10.9 Å². The van der Waals surface area contributed by atoms with Crippen LogP contribution in [0.15, 0.2) is 29.3 Å². The van der Waals surface area contributed by atoms with Gasteiger partial charge in [-0.2, -0.15) is 0 Å². The number of hydrogen-bond donors (Lipinski definition) is 2. The van der Waals surface area contributed by atoms with Crippen LogP contribution in [0.2, 0.25) is 0 Å². The molecule has 1 amide bonds. The Balaban J connectivity index is 1.61. The number of aliphatic imine (C=N–C) groups is 1. The van der Waals surface area contributed by atoms with E-state index >= 15 is 0 Å². The fraction of sp³-hybridized carbons (Fsp3) is 0.529. The largest absolute Gasteiger partial charge is 0.370 e. The standard InChI is InChI=1S/C17H23N3O/c21-17(14-5-2-1-3-6-14)20-15-9-7-13(8-10-15)16-18-11-4-12-19-16/h7-10,14H,1-6,11-12H2,(H,18,19)(H,20,21). The molecule has 112 valence electrons. The Hall–Kier alpha value is -1.84. The first-order valence-electron chi connectivity index (χ1n) is 8.02. The molecule has 1 heterocycles. The van der Waals surface area contributed by atoms with Gasteiger partial charge in [0.15, 0.2) is 0 Å². The maximum absolute atomic E-state index is 12.2. The molecule has 0 bridgehead atoms. The second-order valence-electron chi connectivity index (χ2n) is 5.91. The molecule has 21 heavy (non-hydrogen) atoms. The predicted molar refractivity (Wildman–Crippen MR) is 85.7 cm³/mol. The normalized spacial score (nSPS) is 19.5. The van der Waals surface area contributed by atoms with Crippen molar-refractivity contribution in [1.29, 1.82) is 0 Å². The Morgan fingerprint density at radius 2 is 1.86 bits per heavy atom. The molecule has 1 aliphatic heterocycles. The number of nitrogens with zero attached hydrogens (tertiary/aromatic N) is 1. The van der Waals surface area contributed by atoms with Crippen LogP contribution in [0.4, 0.5) is 5.69 Å². The van der Waals surface area contributed by atoms with Crippen molar-refractivity contribution in [2.45, 2.75) is 38.5 Å². The third kappa shape index (κ3) is 3.63. The Kier molecular flexibility index (Phi) is 4.53. The predicted octanol–water partition coefficient (Wildman–Crippen LogP) is 2.95. The fourth-order valence-electron chi connectivity index (χ4n) is 3.05. The van der Waals surface area contributed by atoms with Crippen LogP contribution in [0, 0.1) is 5.92 Å². The van der Waals surface area contributed by atoms with Crippen molar-refractivity contribution < 1.29 is 4.79 Å². The summed E-state index contributed by atoms with van der Waals surface area (Å²) in [6.45, 7) is 1.88. The molecule has 1 aliphatic carbocycles. The molecular weight excluding hydrogens is 262 g/mol. The SMILES string of the molecule is O=C(Nc1ccc(C2=NCCCN2)cc1)C1CCCCC1. The van der Waals surface area contributed by atoms with Crippen molar-refractivity contribution in [3.05, 3.63) is 29.8 Å². The summed E-state index contributed by atoms with van der Waals surface area (Å²) in [6, 6.07) is 7.98. The minimum absolute atomic E-state index is 0.176. The third-order valence-corrected chi connectivity index (χ3v) is 4.30. The van der Waals surface area contributed by atoms with Crippen molar-refractivity contribution >= 4 is 17.4 Å². The van der Waals surface area contributed by atoms with Crippen LogP contribution in [-0.2, 0) is 4.79 Å². The molecule has 1 saturated carbocycles. The van der Waals surface area contributed by atoms with Crippen molar-refractivity contribution in [1.82, 2.24) is 5.32 Å². The van der Waals surface area contributed by atoms with Crippen LogP contribution >= 0.6 is 0 Å². The first-order valence-corrected chi connectivity index (χ1v) is 8.02. The second-order valence-corrected chi connectivity index (χ2v) is 5.91. The lowest BCUT2D eigenvalue weighted by Gasteiger charge is -2.21. The van der Waals surface area contributed by atoms with E-state index in [-0.39, 0.29) is 11.8 Å². The molecule has 4 nitrogen and oxygen atoms in total. The van der Waals surface area contributed by atoms with Gasteiger partial charge in [0.1, 0.15) is 5.84 Å². The van der Waals surface area contributed by atoms with Crippen molar-refractivity contribution in [2.75, 3.05) is 18.4 Å². The Bertz CT molecular complexity index is 515. The summed E-state index contributed by atoms with van der Waals surface area (Å²) in [5.74, 6) is 1.34. The number of carbonyl (C=O) groups is 1. The van der Waals surface area contributed by atoms with Gasteiger partial charge in [-0.1, -0.05) is 19.3 Å². The number of benzene rings is 1. The minimum Gasteiger partial charge on any atom is -0.370 e. The third-order valence-electron chi connectivity index (χ3n) is 4.30. The van der Waals surface area contributed by atoms with Gasteiger partial charge in [-0.15, -0.1) is 0 Å².